The largest absolute Gasteiger partial charge is 0.516 e. The zero-order chi connectivity index (χ0) is 12.9. The lowest BCUT2D eigenvalue weighted by atomic mass is 9.85. The topological polar surface area (TPSA) is 32.8 Å². The third-order valence-corrected chi connectivity index (χ3v) is 4.00. The van der Waals surface area contributed by atoms with Crippen molar-refractivity contribution in [3.8, 4) is 0 Å². The van der Waals surface area contributed by atoms with Crippen LogP contribution < -0.4 is 0 Å². The summed E-state index contributed by atoms with van der Waals surface area (Å²) in [6.07, 6.45) is 9.61. The first-order valence-corrected chi connectivity index (χ1v) is 7.00. The molecule has 0 aromatic heterocycles. The summed E-state index contributed by atoms with van der Waals surface area (Å²) in [5.41, 5.74) is 0.117. The molecule has 0 spiro atoms. The average Bonchev–Trinajstić information content (AvgIpc) is 2.89. The van der Waals surface area contributed by atoms with Gasteiger partial charge in [0.05, 0.1) is 18.0 Å². The normalized spacial score (nSPS) is 26.0. The summed E-state index contributed by atoms with van der Waals surface area (Å²) in [7, 11) is 0. The number of hydrogen-bond acceptors (Lipinski definition) is 2. The maximum absolute atomic E-state index is 8.95. The van der Waals surface area contributed by atoms with Crippen LogP contribution in [-0.4, -0.2) is 16.8 Å². The van der Waals surface area contributed by atoms with E-state index in [1.807, 2.05) is 6.08 Å². The van der Waals surface area contributed by atoms with Gasteiger partial charge in [-0.05, 0) is 51.0 Å². The first kappa shape index (κ1) is 14.6. The van der Waals surface area contributed by atoms with Crippen molar-refractivity contribution in [3.05, 3.63) is 12.3 Å². The minimum absolute atomic E-state index is 0.117. The van der Waals surface area contributed by atoms with Gasteiger partial charge in [-0.15, -0.1) is 0 Å². The number of unbranched alkanes of at least 4 members (excludes halogenated alkanes) is 1. The van der Waals surface area contributed by atoms with E-state index in [4.69, 9.17) is 9.84 Å². The highest BCUT2D eigenvalue weighted by molar-refractivity contribution is 4.95. The van der Waals surface area contributed by atoms with Gasteiger partial charge in [-0.3, -0.25) is 0 Å². The number of ether oxygens (including phenoxy) is 1. The van der Waals surface area contributed by atoms with Crippen LogP contribution in [0.3, 0.4) is 0 Å². The van der Waals surface area contributed by atoms with Crippen molar-refractivity contribution in [2.75, 3.05) is 0 Å². The highest BCUT2D eigenvalue weighted by Gasteiger charge is 2.47. The van der Waals surface area contributed by atoms with Crippen LogP contribution in [0.2, 0.25) is 0 Å². The van der Waals surface area contributed by atoms with Crippen molar-refractivity contribution in [1.82, 2.24) is 0 Å². The Labute approximate surface area is 106 Å². The number of epoxide rings is 1. The van der Waals surface area contributed by atoms with E-state index in [1.54, 1.807) is 0 Å². The standard InChI is InChI=1S/C15H28O2/c1-5-6-7-13(10-11-16)12(2)8-9-14-15(3,4)17-14/h10-14,16H,5-9H2,1-4H3/b11-10-/t12-,13+,14-/m1/s1. The van der Waals surface area contributed by atoms with Gasteiger partial charge in [0, 0.05) is 0 Å². The molecule has 1 heterocycles. The maximum atomic E-state index is 8.95. The van der Waals surface area contributed by atoms with E-state index < -0.39 is 0 Å². The van der Waals surface area contributed by atoms with Gasteiger partial charge in [0.1, 0.15) is 0 Å². The Kier molecular flexibility index (Phi) is 5.51. The van der Waals surface area contributed by atoms with E-state index in [1.165, 1.54) is 31.9 Å². The number of allylic oxidation sites excluding steroid dienone is 1. The number of hydrogen-bond donors (Lipinski definition) is 1. The van der Waals surface area contributed by atoms with Crippen molar-refractivity contribution < 1.29 is 9.84 Å². The molecule has 0 aliphatic carbocycles. The monoisotopic (exact) mass is 240 g/mol. The Morgan fingerprint density at radius 3 is 2.47 bits per heavy atom. The Hall–Kier alpha value is -0.500. The molecule has 1 aliphatic rings. The molecule has 0 saturated carbocycles. The summed E-state index contributed by atoms with van der Waals surface area (Å²) in [4.78, 5) is 0. The number of aliphatic hydroxyl groups is 1. The second-order valence-corrected chi connectivity index (χ2v) is 5.91. The molecule has 2 nitrogen and oxygen atoms in total. The zero-order valence-electron chi connectivity index (χ0n) is 11.8. The van der Waals surface area contributed by atoms with Gasteiger partial charge in [-0.25, -0.2) is 0 Å². The minimum atomic E-state index is 0.117. The molecule has 1 fully saturated rings. The van der Waals surface area contributed by atoms with E-state index in [-0.39, 0.29) is 5.60 Å². The molecule has 0 aromatic rings. The fourth-order valence-electron chi connectivity index (χ4n) is 2.49. The van der Waals surface area contributed by atoms with Gasteiger partial charge in [-0.1, -0.05) is 26.7 Å². The second kappa shape index (κ2) is 6.44. The predicted molar refractivity (Wildman–Crippen MR) is 72.1 cm³/mol. The molecule has 0 amide bonds. The van der Waals surface area contributed by atoms with Crippen molar-refractivity contribution in [2.24, 2.45) is 11.8 Å². The number of aliphatic hydroxyl groups excluding tert-OH is 1. The zero-order valence-corrected chi connectivity index (χ0v) is 11.8. The molecule has 1 aliphatic heterocycles. The van der Waals surface area contributed by atoms with Gasteiger partial charge >= 0.3 is 0 Å². The molecule has 2 heteroatoms. The predicted octanol–water partition coefficient (Wildman–Crippen LogP) is 4.46. The molecular formula is C15H28O2. The fraction of sp³-hybridized carbons (Fsp3) is 0.867. The Morgan fingerprint density at radius 1 is 1.35 bits per heavy atom. The molecular weight excluding hydrogens is 212 g/mol. The Bertz CT molecular complexity index is 245. The van der Waals surface area contributed by atoms with Crippen molar-refractivity contribution >= 4 is 0 Å². The second-order valence-electron chi connectivity index (χ2n) is 5.91. The Balaban J connectivity index is 2.29. The minimum Gasteiger partial charge on any atom is -0.516 e. The van der Waals surface area contributed by atoms with Gasteiger partial charge in [0.25, 0.3) is 0 Å². The van der Waals surface area contributed by atoms with Crippen LogP contribution in [0.25, 0.3) is 0 Å². The lowest BCUT2D eigenvalue weighted by Crippen LogP contribution is -2.12. The van der Waals surface area contributed by atoms with Gasteiger partial charge in [-0.2, -0.15) is 0 Å². The van der Waals surface area contributed by atoms with Crippen molar-refractivity contribution in [2.45, 2.75) is 71.5 Å². The Morgan fingerprint density at radius 2 is 2.00 bits per heavy atom. The molecule has 1 N–H and O–H groups in total. The van der Waals surface area contributed by atoms with Crippen LogP contribution in [0.15, 0.2) is 12.3 Å². The van der Waals surface area contributed by atoms with Crippen LogP contribution in [0, 0.1) is 11.8 Å². The van der Waals surface area contributed by atoms with Crippen molar-refractivity contribution in [1.29, 1.82) is 0 Å². The summed E-state index contributed by atoms with van der Waals surface area (Å²) in [6, 6.07) is 0. The first-order chi connectivity index (χ1) is 8.01. The van der Waals surface area contributed by atoms with Gasteiger partial charge in [0.15, 0.2) is 0 Å². The van der Waals surface area contributed by atoms with E-state index in [0.717, 1.165) is 6.42 Å². The first-order valence-electron chi connectivity index (χ1n) is 7.00. The van der Waals surface area contributed by atoms with Crippen molar-refractivity contribution in [3.63, 3.8) is 0 Å². The van der Waals surface area contributed by atoms with E-state index in [9.17, 15) is 0 Å². The van der Waals surface area contributed by atoms with Crippen LogP contribution in [0.5, 0.6) is 0 Å². The molecule has 17 heavy (non-hydrogen) atoms. The van der Waals surface area contributed by atoms with Crippen LogP contribution >= 0.6 is 0 Å². The third-order valence-electron chi connectivity index (χ3n) is 4.00. The molecule has 100 valence electrons. The summed E-state index contributed by atoms with van der Waals surface area (Å²) in [5.74, 6) is 1.15. The van der Waals surface area contributed by atoms with Crippen LogP contribution in [0.1, 0.15) is 59.8 Å². The quantitative estimate of drug-likeness (QED) is 0.502. The van der Waals surface area contributed by atoms with Crippen LogP contribution in [-0.2, 0) is 4.74 Å². The molecule has 0 unspecified atom stereocenters. The molecule has 0 aromatic carbocycles. The molecule has 3 atom stereocenters. The van der Waals surface area contributed by atoms with E-state index in [0.29, 0.717) is 17.9 Å². The summed E-state index contributed by atoms with van der Waals surface area (Å²) in [5, 5.41) is 8.95. The molecule has 0 radical (unpaired) electrons. The lowest BCUT2D eigenvalue weighted by molar-refractivity contribution is 0.301. The number of rotatable bonds is 8. The SMILES string of the molecule is CCCC[C@@H](/C=C\O)[C@H](C)CC[C@H]1OC1(C)C. The smallest absolute Gasteiger partial charge is 0.0892 e. The fourth-order valence-corrected chi connectivity index (χ4v) is 2.49. The van der Waals surface area contributed by atoms with Crippen LogP contribution in [0.4, 0.5) is 0 Å². The molecule has 1 saturated heterocycles. The highest BCUT2D eigenvalue weighted by atomic mass is 16.6. The summed E-state index contributed by atoms with van der Waals surface area (Å²) < 4.78 is 5.61. The van der Waals surface area contributed by atoms with E-state index in [2.05, 4.69) is 27.7 Å². The maximum Gasteiger partial charge on any atom is 0.0892 e. The third kappa shape index (κ3) is 4.71. The highest BCUT2D eigenvalue weighted by Crippen LogP contribution is 2.39. The summed E-state index contributed by atoms with van der Waals surface area (Å²) in [6.45, 7) is 8.82. The average molecular weight is 240 g/mol. The molecule has 1 rings (SSSR count). The molecule has 0 bridgehead atoms. The summed E-state index contributed by atoms with van der Waals surface area (Å²) >= 11 is 0. The van der Waals surface area contributed by atoms with E-state index >= 15 is 0 Å². The van der Waals surface area contributed by atoms with Gasteiger partial charge in [0.2, 0.25) is 0 Å². The van der Waals surface area contributed by atoms with Gasteiger partial charge < -0.3 is 9.84 Å². The lowest BCUT2D eigenvalue weighted by Gasteiger charge is -2.20.